The molecule has 4 rings (SSSR count). The van der Waals surface area contributed by atoms with E-state index >= 15 is 0 Å². The first-order valence-corrected chi connectivity index (χ1v) is 8.60. The van der Waals surface area contributed by atoms with Crippen LogP contribution in [0.4, 0.5) is 0 Å². The summed E-state index contributed by atoms with van der Waals surface area (Å²) in [5, 5.41) is 8.96. The van der Waals surface area contributed by atoms with Crippen molar-refractivity contribution in [2.45, 2.75) is 32.3 Å². The van der Waals surface area contributed by atoms with Gasteiger partial charge in [-0.1, -0.05) is 6.07 Å². The fourth-order valence-corrected chi connectivity index (χ4v) is 3.22. The van der Waals surface area contributed by atoms with Crippen LogP contribution >= 0.6 is 0 Å². The van der Waals surface area contributed by atoms with Crippen molar-refractivity contribution in [2.24, 2.45) is 0 Å². The molecule has 0 atom stereocenters. The number of fused-ring (bicyclic) bond motifs is 1. The molecule has 26 heavy (non-hydrogen) atoms. The Hall–Kier alpha value is -3.33. The van der Waals surface area contributed by atoms with Crippen LogP contribution < -0.4 is 4.74 Å². The van der Waals surface area contributed by atoms with Crippen LogP contribution in [-0.4, -0.2) is 19.9 Å². The molecule has 6 heteroatoms. The normalized spacial score (nSPS) is 12.9. The summed E-state index contributed by atoms with van der Waals surface area (Å²) < 4.78 is 5.90. The molecule has 3 heterocycles. The van der Waals surface area contributed by atoms with Gasteiger partial charge in [0.1, 0.15) is 24.7 Å². The fourth-order valence-electron chi connectivity index (χ4n) is 3.22. The van der Waals surface area contributed by atoms with Crippen LogP contribution in [0, 0.1) is 11.3 Å². The summed E-state index contributed by atoms with van der Waals surface area (Å²) in [7, 11) is 0. The molecule has 3 aromatic rings. The molecule has 6 nitrogen and oxygen atoms in total. The topological polar surface area (TPSA) is 84.6 Å². The zero-order chi connectivity index (χ0) is 17.8. The first kappa shape index (κ1) is 16.2. The molecule has 0 saturated carbocycles. The minimum atomic E-state index is 0.270. The molecule has 3 aromatic heterocycles. The number of pyridine rings is 2. The van der Waals surface area contributed by atoms with Gasteiger partial charge in [-0.25, -0.2) is 19.9 Å². The third-order valence-corrected chi connectivity index (χ3v) is 4.44. The minimum Gasteiger partial charge on any atom is -0.471 e. The first-order chi connectivity index (χ1) is 12.8. The van der Waals surface area contributed by atoms with E-state index in [-0.39, 0.29) is 6.61 Å². The fraction of sp³-hybridized carbons (Fsp3) is 0.250. The average molecular weight is 343 g/mol. The lowest BCUT2D eigenvalue weighted by Gasteiger charge is -2.20. The van der Waals surface area contributed by atoms with Crippen molar-refractivity contribution >= 4 is 0 Å². The maximum Gasteiger partial charge on any atom is 0.214 e. The molecular weight excluding hydrogens is 326 g/mol. The van der Waals surface area contributed by atoms with E-state index in [9.17, 15) is 0 Å². The predicted molar refractivity (Wildman–Crippen MR) is 95.2 cm³/mol. The Morgan fingerprint density at radius 3 is 2.77 bits per heavy atom. The quantitative estimate of drug-likeness (QED) is 0.723. The third-order valence-electron chi connectivity index (χ3n) is 4.44. The van der Waals surface area contributed by atoms with Crippen LogP contribution in [0.5, 0.6) is 5.88 Å². The van der Waals surface area contributed by atoms with Gasteiger partial charge in [-0.05, 0) is 48.9 Å². The zero-order valence-corrected chi connectivity index (χ0v) is 14.2. The molecule has 0 radical (unpaired) electrons. The monoisotopic (exact) mass is 343 g/mol. The van der Waals surface area contributed by atoms with E-state index in [4.69, 9.17) is 15.0 Å². The summed E-state index contributed by atoms with van der Waals surface area (Å²) in [5.74, 6) is 0.564. The Morgan fingerprint density at radius 1 is 1.08 bits per heavy atom. The SMILES string of the molecule is N#Cc1cccc(COc2cc(-c3cncnc3)c3c(n2)CCCC3)n1. The lowest BCUT2D eigenvalue weighted by atomic mass is 9.90. The average Bonchev–Trinajstić information content (AvgIpc) is 2.72. The van der Waals surface area contributed by atoms with Crippen molar-refractivity contribution < 1.29 is 4.74 Å². The number of rotatable bonds is 4. The number of hydrogen-bond acceptors (Lipinski definition) is 6. The third kappa shape index (κ3) is 3.38. The summed E-state index contributed by atoms with van der Waals surface area (Å²) >= 11 is 0. The minimum absolute atomic E-state index is 0.270. The molecule has 0 bridgehead atoms. The van der Waals surface area contributed by atoms with Crippen LogP contribution in [0.25, 0.3) is 11.1 Å². The van der Waals surface area contributed by atoms with E-state index in [1.54, 1.807) is 12.1 Å². The number of nitriles is 1. The van der Waals surface area contributed by atoms with Crippen LogP contribution in [-0.2, 0) is 19.4 Å². The molecule has 0 spiro atoms. The standard InChI is InChI=1S/C20H17N5O/c21-9-15-4-3-5-16(24-15)12-26-20-8-18(14-10-22-13-23-11-14)17-6-1-2-7-19(17)25-20/h3-5,8,10-11,13H,1-2,6-7,12H2. The molecule has 0 fully saturated rings. The van der Waals surface area contributed by atoms with Crippen LogP contribution in [0.15, 0.2) is 43.0 Å². The molecule has 0 aliphatic heterocycles. The van der Waals surface area contributed by atoms with Crippen molar-refractivity contribution in [3.63, 3.8) is 0 Å². The van der Waals surface area contributed by atoms with Gasteiger partial charge in [0.05, 0.1) is 5.69 Å². The highest BCUT2D eigenvalue weighted by atomic mass is 16.5. The smallest absolute Gasteiger partial charge is 0.214 e. The molecule has 0 N–H and O–H groups in total. The van der Waals surface area contributed by atoms with Crippen LogP contribution in [0.3, 0.4) is 0 Å². The number of aromatic nitrogens is 4. The van der Waals surface area contributed by atoms with E-state index in [2.05, 4.69) is 15.0 Å². The first-order valence-electron chi connectivity index (χ1n) is 8.60. The molecule has 1 aliphatic rings. The maximum absolute atomic E-state index is 8.96. The Morgan fingerprint density at radius 2 is 1.92 bits per heavy atom. The van der Waals surface area contributed by atoms with Crippen molar-refractivity contribution in [3.8, 4) is 23.1 Å². The van der Waals surface area contributed by atoms with E-state index in [1.165, 1.54) is 18.3 Å². The number of aryl methyl sites for hydroxylation is 1. The summed E-state index contributed by atoms with van der Waals surface area (Å²) in [4.78, 5) is 17.2. The molecule has 1 aliphatic carbocycles. The highest BCUT2D eigenvalue weighted by Gasteiger charge is 2.18. The molecule has 0 amide bonds. The highest BCUT2D eigenvalue weighted by molar-refractivity contribution is 5.68. The van der Waals surface area contributed by atoms with Crippen molar-refractivity contribution in [3.05, 3.63) is 65.6 Å². The predicted octanol–water partition coefficient (Wildman–Crippen LogP) is 3.26. The molecule has 0 aromatic carbocycles. The number of nitrogens with zero attached hydrogens (tertiary/aromatic N) is 5. The van der Waals surface area contributed by atoms with Gasteiger partial charge in [0, 0.05) is 29.7 Å². The second-order valence-corrected chi connectivity index (χ2v) is 6.18. The van der Waals surface area contributed by atoms with Gasteiger partial charge in [0.25, 0.3) is 0 Å². The summed E-state index contributed by atoms with van der Waals surface area (Å²) in [6, 6.07) is 9.31. The van der Waals surface area contributed by atoms with Crippen LogP contribution in [0.1, 0.15) is 35.5 Å². The summed E-state index contributed by atoms with van der Waals surface area (Å²) in [6.07, 6.45) is 9.44. The molecule has 0 unspecified atom stereocenters. The Bertz CT molecular complexity index is 966. The second-order valence-electron chi connectivity index (χ2n) is 6.18. The second kappa shape index (κ2) is 7.28. The van der Waals surface area contributed by atoms with Gasteiger partial charge in [-0.2, -0.15) is 5.26 Å². The maximum atomic E-state index is 8.96. The largest absolute Gasteiger partial charge is 0.471 e. The van der Waals surface area contributed by atoms with Gasteiger partial charge in [0.2, 0.25) is 5.88 Å². The molecule has 128 valence electrons. The molecular formula is C20H17N5O. The van der Waals surface area contributed by atoms with E-state index < -0.39 is 0 Å². The van der Waals surface area contributed by atoms with Crippen molar-refractivity contribution in [2.75, 3.05) is 0 Å². The highest BCUT2D eigenvalue weighted by Crippen LogP contribution is 2.33. The van der Waals surface area contributed by atoms with Gasteiger partial charge in [-0.3, -0.25) is 0 Å². The number of hydrogen-bond donors (Lipinski definition) is 0. The zero-order valence-electron chi connectivity index (χ0n) is 14.2. The summed E-state index contributed by atoms with van der Waals surface area (Å²) in [6.45, 7) is 0.270. The van der Waals surface area contributed by atoms with Gasteiger partial charge in [-0.15, -0.1) is 0 Å². The van der Waals surface area contributed by atoms with E-state index in [0.29, 0.717) is 17.3 Å². The van der Waals surface area contributed by atoms with Crippen LogP contribution in [0.2, 0.25) is 0 Å². The molecule has 0 saturated heterocycles. The van der Waals surface area contributed by atoms with Gasteiger partial charge < -0.3 is 4.74 Å². The Labute approximate surface area is 151 Å². The number of ether oxygens (including phenoxy) is 1. The van der Waals surface area contributed by atoms with E-state index in [0.717, 1.165) is 36.1 Å². The van der Waals surface area contributed by atoms with Gasteiger partial charge in [0.15, 0.2) is 0 Å². The Kier molecular flexibility index (Phi) is 4.52. The lowest BCUT2D eigenvalue weighted by molar-refractivity contribution is 0.288. The van der Waals surface area contributed by atoms with E-state index in [1.807, 2.05) is 30.6 Å². The lowest BCUT2D eigenvalue weighted by Crippen LogP contribution is -2.09. The van der Waals surface area contributed by atoms with Crippen molar-refractivity contribution in [1.82, 2.24) is 19.9 Å². The summed E-state index contributed by atoms with van der Waals surface area (Å²) in [5.41, 5.74) is 5.50. The van der Waals surface area contributed by atoms with Gasteiger partial charge >= 0.3 is 0 Å². The van der Waals surface area contributed by atoms with Crippen molar-refractivity contribution in [1.29, 1.82) is 5.26 Å². The Balaban J connectivity index is 1.65.